The zero-order chi connectivity index (χ0) is 19.2. The molecule has 1 aromatic heterocycles. The number of rotatable bonds is 7. The monoisotopic (exact) mass is 370 g/mol. The van der Waals surface area contributed by atoms with Crippen molar-refractivity contribution >= 4 is 28.8 Å². The Kier molecular flexibility index (Phi) is 6.48. The lowest BCUT2D eigenvalue weighted by Crippen LogP contribution is -2.45. The highest BCUT2D eigenvalue weighted by Crippen LogP contribution is 2.26. The van der Waals surface area contributed by atoms with Crippen molar-refractivity contribution in [1.82, 2.24) is 15.3 Å². The summed E-state index contributed by atoms with van der Waals surface area (Å²) in [4.78, 5) is 32.7. The second-order valence-electron chi connectivity index (χ2n) is 8.05. The fraction of sp³-hybridized carbons (Fsp3) is 0.571. The van der Waals surface area contributed by atoms with E-state index in [0.29, 0.717) is 30.6 Å². The van der Waals surface area contributed by atoms with Crippen LogP contribution in [0, 0.1) is 11.8 Å². The van der Waals surface area contributed by atoms with E-state index in [1.165, 1.54) is 19.3 Å². The van der Waals surface area contributed by atoms with Crippen molar-refractivity contribution in [2.24, 2.45) is 11.8 Å². The number of benzene rings is 1. The summed E-state index contributed by atoms with van der Waals surface area (Å²) in [6.07, 6.45) is 7.05. The van der Waals surface area contributed by atoms with Gasteiger partial charge in [-0.05, 0) is 43.2 Å². The number of carbonyl (C=O) groups excluding carboxylic acids is 2. The van der Waals surface area contributed by atoms with Crippen molar-refractivity contribution in [3.63, 3.8) is 0 Å². The third-order valence-electron chi connectivity index (χ3n) is 5.19. The predicted octanol–water partition coefficient (Wildman–Crippen LogP) is 4.00. The summed E-state index contributed by atoms with van der Waals surface area (Å²) in [6.45, 7) is 4.10. The maximum Gasteiger partial charge on any atom is 0.249 e. The Morgan fingerprint density at radius 2 is 1.93 bits per heavy atom. The van der Waals surface area contributed by atoms with Gasteiger partial charge in [-0.2, -0.15) is 0 Å². The third-order valence-corrected chi connectivity index (χ3v) is 5.19. The molecule has 1 aromatic carbocycles. The molecule has 0 spiro atoms. The fourth-order valence-corrected chi connectivity index (χ4v) is 3.83. The molecule has 0 bridgehead atoms. The van der Waals surface area contributed by atoms with Crippen LogP contribution < -0.4 is 10.6 Å². The number of aromatic amines is 1. The van der Waals surface area contributed by atoms with Crippen molar-refractivity contribution in [2.45, 2.75) is 64.8 Å². The number of para-hydroxylation sites is 2. The molecule has 1 aliphatic rings. The molecular formula is C21H30N4O2. The number of aromatic nitrogens is 2. The SMILES string of the molecule is CC(C)C[C@H](NC(=O)CC1CCCCC1)C(=O)Nc1nc2ccccc2[nH]1. The number of hydrogen-bond acceptors (Lipinski definition) is 3. The second kappa shape index (κ2) is 9.02. The van der Waals surface area contributed by atoms with Crippen LogP contribution in [0.25, 0.3) is 11.0 Å². The van der Waals surface area contributed by atoms with Crippen molar-refractivity contribution in [2.75, 3.05) is 5.32 Å². The number of fused-ring (bicyclic) bond motifs is 1. The number of H-pyrrole nitrogens is 1. The molecule has 3 rings (SSSR count). The van der Waals surface area contributed by atoms with E-state index in [-0.39, 0.29) is 11.8 Å². The summed E-state index contributed by atoms with van der Waals surface area (Å²) in [7, 11) is 0. The Morgan fingerprint density at radius 1 is 1.19 bits per heavy atom. The van der Waals surface area contributed by atoms with E-state index in [1.54, 1.807) is 0 Å². The van der Waals surface area contributed by atoms with E-state index in [9.17, 15) is 9.59 Å². The van der Waals surface area contributed by atoms with E-state index in [4.69, 9.17) is 0 Å². The van der Waals surface area contributed by atoms with Gasteiger partial charge in [0.25, 0.3) is 0 Å². The summed E-state index contributed by atoms with van der Waals surface area (Å²) in [6, 6.07) is 7.07. The quantitative estimate of drug-likeness (QED) is 0.688. The van der Waals surface area contributed by atoms with Crippen LogP contribution in [-0.2, 0) is 9.59 Å². The van der Waals surface area contributed by atoms with Crippen LogP contribution in [0.4, 0.5) is 5.95 Å². The molecule has 1 atom stereocenters. The molecule has 146 valence electrons. The molecule has 2 aromatic rings. The van der Waals surface area contributed by atoms with E-state index in [0.717, 1.165) is 23.9 Å². The van der Waals surface area contributed by atoms with E-state index < -0.39 is 6.04 Å². The Hall–Kier alpha value is -2.37. The second-order valence-corrected chi connectivity index (χ2v) is 8.05. The fourth-order valence-electron chi connectivity index (χ4n) is 3.83. The molecule has 0 radical (unpaired) electrons. The average Bonchev–Trinajstić information content (AvgIpc) is 3.03. The van der Waals surface area contributed by atoms with E-state index in [1.807, 2.05) is 24.3 Å². The molecule has 0 saturated heterocycles. The van der Waals surface area contributed by atoms with Gasteiger partial charge in [-0.1, -0.05) is 45.2 Å². The molecule has 1 saturated carbocycles. The molecule has 6 nitrogen and oxygen atoms in total. The molecule has 0 unspecified atom stereocenters. The van der Waals surface area contributed by atoms with Crippen LogP contribution in [0.15, 0.2) is 24.3 Å². The number of nitrogens with one attached hydrogen (secondary N) is 3. The molecule has 6 heteroatoms. The van der Waals surface area contributed by atoms with Gasteiger partial charge in [0.2, 0.25) is 17.8 Å². The molecule has 2 amide bonds. The topological polar surface area (TPSA) is 86.9 Å². The normalized spacial score (nSPS) is 16.4. The summed E-state index contributed by atoms with van der Waals surface area (Å²) >= 11 is 0. The highest BCUT2D eigenvalue weighted by atomic mass is 16.2. The van der Waals surface area contributed by atoms with Crippen LogP contribution in [-0.4, -0.2) is 27.8 Å². The molecule has 0 aliphatic heterocycles. The van der Waals surface area contributed by atoms with Gasteiger partial charge in [-0.15, -0.1) is 0 Å². The summed E-state index contributed by atoms with van der Waals surface area (Å²) in [5.41, 5.74) is 1.67. The van der Waals surface area contributed by atoms with Crippen molar-refractivity contribution < 1.29 is 9.59 Å². The summed E-state index contributed by atoms with van der Waals surface area (Å²) in [5.74, 6) is 0.923. The van der Waals surface area contributed by atoms with Crippen molar-refractivity contribution in [3.8, 4) is 0 Å². The zero-order valence-corrected chi connectivity index (χ0v) is 16.3. The Morgan fingerprint density at radius 3 is 2.63 bits per heavy atom. The van der Waals surface area contributed by atoms with Gasteiger partial charge in [0.1, 0.15) is 6.04 Å². The van der Waals surface area contributed by atoms with Crippen LogP contribution in [0.2, 0.25) is 0 Å². The lowest BCUT2D eigenvalue weighted by atomic mass is 9.86. The maximum absolute atomic E-state index is 12.8. The first-order chi connectivity index (χ1) is 13.0. The number of anilines is 1. The van der Waals surface area contributed by atoms with Gasteiger partial charge in [0, 0.05) is 6.42 Å². The minimum absolute atomic E-state index is 0.0210. The molecule has 1 aliphatic carbocycles. The van der Waals surface area contributed by atoms with Gasteiger partial charge in [-0.25, -0.2) is 4.98 Å². The first kappa shape index (κ1) is 19.4. The number of imidazole rings is 1. The van der Waals surface area contributed by atoms with Crippen LogP contribution in [0.5, 0.6) is 0 Å². The highest BCUT2D eigenvalue weighted by Gasteiger charge is 2.25. The Bertz CT molecular complexity index is 744. The maximum atomic E-state index is 12.8. The molecule has 1 heterocycles. The largest absolute Gasteiger partial charge is 0.344 e. The average molecular weight is 370 g/mol. The highest BCUT2D eigenvalue weighted by molar-refractivity contribution is 5.97. The molecule has 1 fully saturated rings. The Labute approximate surface area is 160 Å². The first-order valence-electron chi connectivity index (χ1n) is 10.1. The van der Waals surface area contributed by atoms with Crippen molar-refractivity contribution in [1.29, 1.82) is 0 Å². The van der Waals surface area contributed by atoms with Gasteiger partial charge >= 0.3 is 0 Å². The predicted molar refractivity (Wildman–Crippen MR) is 107 cm³/mol. The molecule has 3 N–H and O–H groups in total. The van der Waals surface area contributed by atoms with Crippen LogP contribution in [0.1, 0.15) is 58.8 Å². The summed E-state index contributed by atoms with van der Waals surface area (Å²) < 4.78 is 0. The van der Waals surface area contributed by atoms with Gasteiger partial charge in [-0.3, -0.25) is 14.9 Å². The smallest absolute Gasteiger partial charge is 0.249 e. The van der Waals surface area contributed by atoms with E-state index >= 15 is 0 Å². The zero-order valence-electron chi connectivity index (χ0n) is 16.3. The van der Waals surface area contributed by atoms with Gasteiger partial charge in [0.15, 0.2) is 0 Å². The van der Waals surface area contributed by atoms with Crippen LogP contribution in [0.3, 0.4) is 0 Å². The summed E-state index contributed by atoms with van der Waals surface area (Å²) in [5, 5.41) is 5.78. The number of carbonyl (C=O) groups is 2. The molecule has 27 heavy (non-hydrogen) atoms. The molecular weight excluding hydrogens is 340 g/mol. The minimum Gasteiger partial charge on any atom is -0.344 e. The van der Waals surface area contributed by atoms with E-state index in [2.05, 4.69) is 34.4 Å². The standard InChI is InChI=1S/C21H30N4O2/c1-14(2)12-18(22-19(26)13-15-8-4-3-5-9-15)20(27)25-21-23-16-10-6-7-11-17(16)24-21/h6-7,10-11,14-15,18H,3-5,8-9,12-13H2,1-2H3,(H,22,26)(H2,23,24,25,27)/t18-/m0/s1. The third kappa shape index (κ3) is 5.55. The number of nitrogens with zero attached hydrogens (tertiary/aromatic N) is 1. The first-order valence-corrected chi connectivity index (χ1v) is 10.1. The lowest BCUT2D eigenvalue weighted by molar-refractivity contribution is -0.127. The Balaban J connectivity index is 1.61. The minimum atomic E-state index is -0.547. The van der Waals surface area contributed by atoms with Crippen molar-refractivity contribution in [3.05, 3.63) is 24.3 Å². The number of amides is 2. The number of hydrogen-bond donors (Lipinski definition) is 3. The van der Waals surface area contributed by atoms with Crippen LogP contribution >= 0.6 is 0 Å². The lowest BCUT2D eigenvalue weighted by Gasteiger charge is -2.23. The van der Waals surface area contributed by atoms with Gasteiger partial charge in [0.05, 0.1) is 11.0 Å². The van der Waals surface area contributed by atoms with Gasteiger partial charge < -0.3 is 10.3 Å².